The van der Waals surface area contributed by atoms with Gasteiger partial charge in [-0.25, -0.2) is 0 Å². The van der Waals surface area contributed by atoms with E-state index >= 15 is 0 Å². The second-order valence-electron chi connectivity index (χ2n) is 7.19. The van der Waals surface area contributed by atoms with Crippen LogP contribution in [-0.2, 0) is 17.9 Å². The lowest BCUT2D eigenvalue weighted by atomic mass is 9.90. The number of rotatable bonds is 6. The fourth-order valence-corrected chi connectivity index (χ4v) is 3.31. The van der Waals surface area contributed by atoms with Crippen molar-refractivity contribution in [2.45, 2.75) is 33.4 Å². The molecule has 5 heteroatoms. The second kappa shape index (κ2) is 7.18. The molecule has 0 spiro atoms. The first-order valence-corrected chi connectivity index (χ1v) is 8.55. The average molecular weight is 326 g/mol. The molecule has 1 amide bonds. The van der Waals surface area contributed by atoms with Gasteiger partial charge in [0.2, 0.25) is 5.91 Å². The minimum absolute atomic E-state index is 0.0286. The van der Waals surface area contributed by atoms with Crippen LogP contribution in [0.1, 0.15) is 24.6 Å². The summed E-state index contributed by atoms with van der Waals surface area (Å²) in [5, 5.41) is 7.34. The molecule has 2 heterocycles. The van der Waals surface area contributed by atoms with E-state index < -0.39 is 0 Å². The monoisotopic (exact) mass is 326 g/mol. The number of hydrogen-bond donors (Lipinski definition) is 1. The van der Waals surface area contributed by atoms with Gasteiger partial charge in [-0.15, -0.1) is 0 Å². The Bertz CT molecular complexity index is 682. The number of benzene rings is 1. The molecule has 3 rings (SSSR count). The van der Waals surface area contributed by atoms with E-state index in [2.05, 4.69) is 46.5 Å². The third-order valence-electron chi connectivity index (χ3n) is 4.68. The first-order valence-electron chi connectivity index (χ1n) is 8.55. The predicted octanol–water partition coefficient (Wildman–Crippen LogP) is 2.22. The molecule has 0 radical (unpaired) electrons. The molecule has 0 aliphatic carbocycles. The number of nitrogens with zero attached hydrogens (tertiary/aromatic N) is 3. The fourth-order valence-electron chi connectivity index (χ4n) is 3.31. The van der Waals surface area contributed by atoms with Gasteiger partial charge in [0.25, 0.3) is 0 Å². The van der Waals surface area contributed by atoms with Gasteiger partial charge >= 0.3 is 0 Å². The zero-order chi connectivity index (χ0) is 17.0. The van der Waals surface area contributed by atoms with Crippen molar-refractivity contribution in [1.82, 2.24) is 20.0 Å². The van der Waals surface area contributed by atoms with Gasteiger partial charge in [-0.2, -0.15) is 5.10 Å². The standard InChI is InChI=1S/C19H26N4O/c1-16-8-10-23(21-16)13-18(24)20-14-19(2)9-11-22(15-19)12-17-6-4-3-5-7-17/h3-8,10H,9,11-15H2,1-2H3,(H,20,24). The lowest BCUT2D eigenvalue weighted by molar-refractivity contribution is -0.122. The molecule has 2 aromatic rings. The Morgan fingerprint density at radius 3 is 2.79 bits per heavy atom. The normalized spacial score (nSPS) is 21.1. The molecule has 0 saturated carbocycles. The van der Waals surface area contributed by atoms with E-state index in [-0.39, 0.29) is 17.9 Å². The van der Waals surface area contributed by atoms with Crippen LogP contribution in [0.2, 0.25) is 0 Å². The first-order chi connectivity index (χ1) is 11.5. The summed E-state index contributed by atoms with van der Waals surface area (Å²) in [5.41, 5.74) is 2.42. The fraction of sp³-hybridized carbons (Fsp3) is 0.474. The van der Waals surface area contributed by atoms with Crippen molar-refractivity contribution in [3.63, 3.8) is 0 Å². The summed E-state index contributed by atoms with van der Waals surface area (Å²) in [7, 11) is 0. The minimum atomic E-state index is 0.0286. The Labute approximate surface area is 143 Å². The molecule has 1 aliphatic rings. The lowest BCUT2D eigenvalue weighted by Gasteiger charge is -2.25. The van der Waals surface area contributed by atoms with Gasteiger partial charge in [0.05, 0.1) is 5.69 Å². The number of amides is 1. The highest BCUT2D eigenvalue weighted by molar-refractivity contribution is 5.75. The van der Waals surface area contributed by atoms with Gasteiger partial charge in [-0.05, 0) is 36.9 Å². The molecule has 0 bridgehead atoms. The molecule has 1 unspecified atom stereocenters. The van der Waals surface area contributed by atoms with Gasteiger partial charge in [-0.3, -0.25) is 14.4 Å². The number of nitrogens with one attached hydrogen (secondary N) is 1. The smallest absolute Gasteiger partial charge is 0.241 e. The molecule has 1 fully saturated rings. The summed E-state index contributed by atoms with van der Waals surface area (Å²) in [6, 6.07) is 12.5. The van der Waals surface area contributed by atoms with Crippen LogP contribution in [0.3, 0.4) is 0 Å². The number of aromatic nitrogens is 2. The van der Waals surface area contributed by atoms with Gasteiger partial charge in [0, 0.05) is 25.8 Å². The SMILES string of the molecule is Cc1ccn(CC(=O)NCC2(C)CCN(Cc3ccccc3)C2)n1. The molecule has 128 valence electrons. The maximum Gasteiger partial charge on any atom is 0.241 e. The van der Waals surface area contributed by atoms with Crippen LogP contribution in [0.5, 0.6) is 0 Å². The highest BCUT2D eigenvalue weighted by atomic mass is 16.2. The number of aryl methyl sites for hydroxylation is 1. The van der Waals surface area contributed by atoms with Crippen LogP contribution in [-0.4, -0.2) is 40.2 Å². The van der Waals surface area contributed by atoms with E-state index in [0.29, 0.717) is 0 Å². The molecule has 1 aliphatic heterocycles. The van der Waals surface area contributed by atoms with Gasteiger partial charge in [-0.1, -0.05) is 37.3 Å². The Kier molecular flexibility index (Phi) is 5.00. The van der Waals surface area contributed by atoms with Crippen LogP contribution in [0.15, 0.2) is 42.6 Å². The zero-order valence-corrected chi connectivity index (χ0v) is 14.5. The van der Waals surface area contributed by atoms with E-state index in [1.165, 1.54) is 5.56 Å². The largest absolute Gasteiger partial charge is 0.354 e. The third kappa shape index (κ3) is 4.45. The Balaban J connectivity index is 1.46. The summed E-state index contributed by atoms with van der Waals surface area (Å²) in [4.78, 5) is 14.6. The van der Waals surface area contributed by atoms with Crippen molar-refractivity contribution >= 4 is 5.91 Å². The summed E-state index contributed by atoms with van der Waals surface area (Å²) < 4.78 is 1.68. The van der Waals surface area contributed by atoms with E-state index in [4.69, 9.17) is 0 Å². The Morgan fingerprint density at radius 2 is 2.08 bits per heavy atom. The molecule has 24 heavy (non-hydrogen) atoms. The minimum Gasteiger partial charge on any atom is -0.354 e. The zero-order valence-electron chi connectivity index (χ0n) is 14.5. The first kappa shape index (κ1) is 16.7. The summed E-state index contributed by atoms with van der Waals surface area (Å²) >= 11 is 0. The topological polar surface area (TPSA) is 50.2 Å². The molecule has 1 N–H and O–H groups in total. The third-order valence-corrected chi connectivity index (χ3v) is 4.68. The van der Waals surface area contributed by atoms with E-state index in [1.807, 2.05) is 25.3 Å². The van der Waals surface area contributed by atoms with Gasteiger partial charge in [0.1, 0.15) is 6.54 Å². The highest BCUT2D eigenvalue weighted by Gasteiger charge is 2.33. The summed E-state index contributed by atoms with van der Waals surface area (Å²) in [6.45, 7) is 8.28. The van der Waals surface area contributed by atoms with E-state index in [1.54, 1.807) is 4.68 Å². The van der Waals surface area contributed by atoms with Crippen LogP contribution < -0.4 is 5.32 Å². The number of carbonyl (C=O) groups excluding carboxylic acids is 1. The number of hydrogen-bond acceptors (Lipinski definition) is 3. The number of carbonyl (C=O) groups is 1. The summed E-state index contributed by atoms with van der Waals surface area (Å²) in [5.74, 6) is 0.0286. The second-order valence-corrected chi connectivity index (χ2v) is 7.19. The van der Waals surface area contributed by atoms with Crippen molar-refractivity contribution in [3.05, 3.63) is 53.9 Å². The molecule has 1 aromatic carbocycles. The quantitative estimate of drug-likeness (QED) is 0.885. The van der Waals surface area contributed by atoms with Crippen molar-refractivity contribution in [3.8, 4) is 0 Å². The predicted molar refractivity (Wildman–Crippen MR) is 94.4 cm³/mol. The van der Waals surface area contributed by atoms with Crippen molar-refractivity contribution in [2.75, 3.05) is 19.6 Å². The maximum absolute atomic E-state index is 12.1. The molecular formula is C19H26N4O. The molecular weight excluding hydrogens is 300 g/mol. The van der Waals surface area contributed by atoms with Gasteiger partial charge in [0.15, 0.2) is 0 Å². The van der Waals surface area contributed by atoms with Crippen molar-refractivity contribution < 1.29 is 4.79 Å². The van der Waals surface area contributed by atoms with Crippen LogP contribution in [0, 0.1) is 12.3 Å². The van der Waals surface area contributed by atoms with Crippen LogP contribution >= 0.6 is 0 Å². The molecule has 1 saturated heterocycles. The Morgan fingerprint density at radius 1 is 1.29 bits per heavy atom. The molecule has 1 aromatic heterocycles. The molecule has 1 atom stereocenters. The van der Waals surface area contributed by atoms with Crippen molar-refractivity contribution in [1.29, 1.82) is 0 Å². The molecule has 5 nitrogen and oxygen atoms in total. The van der Waals surface area contributed by atoms with Crippen LogP contribution in [0.4, 0.5) is 0 Å². The Hall–Kier alpha value is -2.14. The van der Waals surface area contributed by atoms with Crippen molar-refractivity contribution in [2.24, 2.45) is 5.41 Å². The van der Waals surface area contributed by atoms with Gasteiger partial charge < -0.3 is 5.32 Å². The van der Waals surface area contributed by atoms with E-state index in [0.717, 1.165) is 38.3 Å². The van der Waals surface area contributed by atoms with Crippen LogP contribution in [0.25, 0.3) is 0 Å². The summed E-state index contributed by atoms with van der Waals surface area (Å²) in [6.07, 6.45) is 2.95. The lowest BCUT2D eigenvalue weighted by Crippen LogP contribution is -2.39. The highest BCUT2D eigenvalue weighted by Crippen LogP contribution is 2.30. The van der Waals surface area contributed by atoms with E-state index in [9.17, 15) is 4.79 Å². The number of likely N-dealkylation sites (tertiary alicyclic amines) is 1. The average Bonchev–Trinajstić information content (AvgIpc) is 3.13. The maximum atomic E-state index is 12.1.